The molecule has 19 heavy (non-hydrogen) atoms. The van der Waals surface area contributed by atoms with Crippen LogP contribution in [0.4, 0.5) is 0 Å². The zero-order valence-electron chi connectivity index (χ0n) is 10.0. The number of hydrogen-bond acceptors (Lipinski definition) is 7. The molecule has 0 saturated heterocycles. The Morgan fingerprint density at radius 3 is 2.53 bits per heavy atom. The van der Waals surface area contributed by atoms with E-state index in [1.807, 2.05) is 0 Å². The van der Waals surface area contributed by atoms with Gasteiger partial charge in [-0.1, -0.05) is 23.2 Å². The number of thiazole rings is 1. The topological polar surface area (TPSA) is 101 Å². The van der Waals surface area contributed by atoms with E-state index in [0.29, 0.717) is 4.88 Å². The van der Waals surface area contributed by atoms with Crippen molar-refractivity contribution in [2.45, 2.75) is 19.1 Å². The molecule has 2 atom stereocenters. The van der Waals surface area contributed by atoms with Crippen LogP contribution in [0.25, 0.3) is 0 Å². The van der Waals surface area contributed by atoms with Crippen molar-refractivity contribution in [3.63, 3.8) is 0 Å². The highest BCUT2D eigenvalue weighted by Crippen LogP contribution is 2.36. The van der Waals surface area contributed by atoms with Gasteiger partial charge in [-0.3, -0.25) is 4.18 Å². The van der Waals surface area contributed by atoms with Crippen LogP contribution >= 0.6 is 34.5 Å². The number of nitrogens with zero attached hydrogens (tertiary/aromatic N) is 1. The molecule has 1 aromatic heterocycles. The first-order chi connectivity index (χ1) is 8.74. The fraction of sp³-hybridized carbons (Fsp3) is 0.625. The molecule has 7 nitrogen and oxygen atoms in total. The third-order valence-electron chi connectivity index (χ3n) is 1.92. The minimum atomic E-state index is -4.12. The zero-order chi connectivity index (χ0) is 14.6. The molecule has 0 bridgehead atoms. The number of aromatic nitrogens is 1. The molecule has 1 heterocycles. The fourth-order valence-electron chi connectivity index (χ4n) is 1.29. The second-order valence-corrected chi connectivity index (χ2v) is 6.56. The lowest BCUT2D eigenvalue weighted by atomic mass is 10.2. The van der Waals surface area contributed by atoms with Crippen molar-refractivity contribution in [2.24, 2.45) is 5.14 Å². The molecule has 0 aliphatic carbocycles. The molecule has 0 unspecified atom stereocenters. The highest BCUT2D eigenvalue weighted by Gasteiger charge is 2.29. The average Bonchev–Trinajstić information content (AvgIpc) is 2.56. The minimum absolute atomic E-state index is 0.0885. The summed E-state index contributed by atoms with van der Waals surface area (Å²) in [6.45, 7) is 1.38. The summed E-state index contributed by atoms with van der Waals surface area (Å²) < 4.78 is 36.9. The SMILES string of the molecule is COCO[C@@H](c1sc(Cl)nc1Cl)[C@H](C)OS(N)(=O)=O. The number of halogens is 2. The lowest BCUT2D eigenvalue weighted by Gasteiger charge is -2.21. The number of nitrogens with two attached hydrogens (primary N) is 1. The molecular formula is C8H12Cl2N2O5S2. The van der Waals surface area contributed by atoms with Gasteiger partial charge in [-0.15, -0.1) is 11.3 Å². The summed E-state index contributed by atoms with van der Waals surface area (Å²) in [5.41, 5.74) is 0. The molecule has 0 aliphatic heterocycles. The summed E-state index contributed by atoms with van der Waals surface area (Å²) >= 11 is 12.7. The largest absolute Gasteiger partial charge is 0.359 e. The van der Waals surface area contributed by atoms with Gasteiger partial charge in [0.05, 0.1) is 4.88 Å². The predicted octanol–water partition coefficient (Wildman–Crippen LogP) is 1.72. The fourth-order valence-corrected chi connectivity index (χ4v) is 3.37. The van der Waals surface area contributed by atoms with Gasteiger partial charge in [-0.25, -0.2) is 10.1 Å². The second-order valence-electron chi connectivity index (χ2n) is 3.41. The van der Waals surface area contributed by atoms with Crippen LogP contribution in [0.1, 0.15) is 17.9 Å². The van der Waals surface area contributed by atoms with E-state index in [9.17, 15) is 8.42 Å². The van der Waals surface area contributed by atoms with Crippen molar-refractivity contribution >= 4 is 44.8 Å². The van der Waals surface area contributed by atoms with Crippen molar-refractivity contribution in [3.05, 3.63) is 14.5 Å². The summed E-state index contributed by atoms with van der Waals surface area (Å²) in [6.07, 6.45) is -1.74. The quantitative estimate of drug-likeness (QED) is 0.751. The summed E-state index contributed by atoms with van der Waals surface area (Å²) in [7, 11) is -2.70. The van der Waals surface area contributed by atoms with Gasteiger partial charge in [-0.05, 0) is 6.92 Å². The molecule has 0 radical (unpaired) electrons. The van der Waals surface area contributed by atoms with Gasteiger partial charge in [0, 0.05) is 7.11 Å². The lowest BCUT2D eigenvalue weighted by molar-refractivity contribution is -0.103. The van der Waals surface area contributed by atoms with Gasteiger partial charge in [-0.2, -0.15) is 8.42 Å². The molecule has 1 rings (SSSR count). The number of hydrogen-bond donors (Lipinski definition) is 1. The molecule has 0 aliphatic rings. The van der Waals surface area contributed by atoms with Crippen molar-refractivity contribution in [3.8, 4) is 0 Å². The van der Waals surface area contributed by atoms with E-state index in [2.05, 4.69) is 9.17 Å². The van der Waals surface area contributed by atoms with Gasteiger partial charge in [0.15, 0.2) is 4.47 Å². The first-order valence-corrected chi connectivity index (χ1v) is 7.92. The summed E-state index contributed by atoms with van der Waals surface area (Å²) in [6, 6.07) is 0. The lowest BCUT2D eigenvalue weighted by Crippen LogP contribution is -2.28. The van der Waals surface area contributed by atoms with Crippen LogP contribution in [-0.2, 0) is 24.0 Å². The highest BCUT2D eigenvalue weighted by atomic mass is 35.5. The molecule has 0 aromatic carbocycles. The summed E-state index contributed by atoms with van der Waals surface area (Å²) in [4.78, 5) is 4.24. The van der Waals surface area contributed by atoms with Crippen LogP contribution in [-0.4, -0.2) is 33.4 Å². The molecule has 0 fully saturated rings. The van der Waals surface area contributed by atoms with Gasteiger partial charge in [0.25, 0.3) is 0 Å². The van der Waals surface area contributed by atoms with Crippen molar-refractivity contribution in [1.29, 1.82) is 0 Å². The van der Waals surface area contributed by atoms with E-state index in [0.717, 1.165) is 11.3 Å². The van der Waals surface area contributed by atoms with E-state index in [1.165, 1.54) is 14.0 Å². The van der Waals surface area contributed by atoms with Crippen LogP contribution in [0.3, 0.4) is 0 Å². The van der Waals surface area contributed by atoms with E-state index in [4.69, 9.17) is 37.8 Å². The van der Waals surface area contributed by atoms with Gasteiger partial charge < -0.3 is 9.47 Å². The third-order valence-corrected chi connectivity index (χ3v) is 4.11. The van der Waals surface area contributed by atoms with Gasteiger partial charge in [0.2, 0.25) is 0 Å². The molecule has 2 N–H and O–H groups in total. The monoisotopic (exact) mass is 350 g/mol. The maximum absolute atomic E-state index is 10.9. The van der Waals surface area contributed by atoms with E-state index in [-0.39, 0.29) is 16.4 Å². The summed E-state index contributed by atoms with van der Waals surface area (Å²) in [5, 5.41) is 4.93. The maximum Gasteiger partial charge on any atom is 0.333 e. The Bertz CT molecular complexity index is 521. The smallest absolute Gasteiger partial charge is 0.333 e. The van der Waals surface area contributed by atoms with Crippen molar-refractivity contribution in [1.82, 2.24) is 4.98 Å². The second kappa shape index (κ2) is 7.14. The number of ether oxygens (including phenoxy) is 2. The molecule has 0 saturated carbocycles. The van der Waals surface area contributed by atoms with Crippen LogP contribution < -0.4 is 5.14 Å². The molecular weight excluding hydrogens is 339 g/mol. The summed E-state index contributed by atoms with van der Waals surface area (Å²) in [5.74, 6) is 0. The first-order valence-electron chi connectivity index (χ1n) is 4.88. The van der Waals surface area contributed by atoms with Gasteiger partial charge >= 0.3 is 10.3 Å². The molecule has 1 aromatic rings. The van der Waals surface area contributed by atoms with Crippen molar-refractivity contribution < 1.29 is 22.1 Å². The Balaban J connectivity index is 2.97. The first kappa shape index (κ1) is 17.1. The van der Waals surface area contributed by atoms with E-state index in [1.54, 1.807) is 0 Å². The van der Waals surface area contributed by atoms with E-state index >= 15 is 0 Å². The normalized spacial score (nSPS) is 15.4. The predicted molar refractivity (Wildman–Crippen MR) is 71.5 cm³/mol. The Morgan fingerprint density at radius 2 is 2.11 bits per heavy atom. The van der Waals surface area contributed by atoms with Gasteiger partial charge in [0.1, 0.15) is 24.2 Å². The van der Waals surface area contributed by atoms with Crippen LogP contribution in [0.15, 0.2) is 0 Å². The van der Waals surface area contributed by atoms with Crippen LogP contribution in [0, 0.1) is 0 Å². The highest BCUT2D eigenvalue weighted by molar-refractivity contribution is 7.84. The Hall–Kier alpha value is -0.000000000000000111. The van der Waals surface area contributed by atoms with Crippen LogP contribution in [0.5, 0.6) is 0 Å². The Kier molecular flexibility index (Phi) is 6.40. The van der Waals surface area contributed by atoms with E-state index < -0.39 is 22.5 Å². The van der Waals surface area contributed by atoms with Crippen LogP contribution in [0.2, 0.25) is 9.62 Å². The average molecular weight is 351 g/mol. The number of rotatable bonds is 7. The van der Waals surface area contributed by atoms with Crippen molar-refractivity contribution in [2.75, 3.05) is 13.9 Å². The molecule has 110 valence electrons. The maximum atomic E-state index is 10.9. The third kappa shape index (κ3) is 5.48. The number of methoxy groups -OCH3 is 1. The Morgan fingerprint density at radius 1 is 1.47 bits per heavy atom. The molecule has 0 spiro atoms. The standard InChI is InChI=1S/C8H12Cl2N2O5S2/c1-4(17-19(11,13)14)5(16-3-15-2)6-7(9)12-8(10)18-6/h4-5H,3H2,1-2H3,(H2,11,13,14)/t4-,5+/m0/s1. The zero-order valence-corrected chi connectivity index (χ0v) is 13.1. The molecule has 11 heteroatoms. The minimum Gasteiger partial charge on any atom is -0.359 e. The molecule has 0 amide bonds. The Labute approximate surface area is 124 Å².